The maximum atomic E-state index is 12.1. The van der Waals surface area contributed by atoms with Gasteiger partial charge in [0.1, 0.15) is 11.6 Å². The Labute approximate surface area is 142 Å². The van der Waals surface area contributed by atoms with Crippen LogP contribution in [-0.2, 0) is 9.59 Å². The first-order chi connectivity index (χ1) is 11.0. The average Bonchev–Trinajstić information content (AvgIpc) is 2.51. The van der Waals surface area contributed by atoms with Crippen LogP contribution in [0.2, 0.25) is 0 Å². The van der Waals surface area contributed by atoms with Gasteiger partial charge in [0.2, 0.25) is 0 Å². The Morgan fingerprint density at radius 2 is 1.52 bits per heavy atom. The molecule has 0 aromatic heterocycles. The lowest BCUT2D eigenvalue weighted by molar-refractivity contribution is -0.140. The zero-order valence-electron chi connectivity index (χ0n) is 15.5. The van der Waals surface area contributed by atoms with Gasteiger partial charge in [0.15, 0.2) is 0 Å². The Morgan fingerprint density at radius 1 is 0.870 bits per heavy atom. The highest BCUT2D eigenvalue weighted by atomic mass is 16.1. The second-order valence-corrected chi connectivity index (χ2v) is 8.69. The van der Waals surface area contributed by atoms with E-state index in [0.717, 1.165) is 24.7 Å². The maximum Gasteiger partial charge on any atom is 0.137 e. The van der Waals surface area contributed by atoms with Crippen molar-refractivity contribution in [3.8, 4) is 0 Å². The van der Waals surface area contributed by atoms with E-state index in [2.05, 4.69) is 20.8 Å². The Kier molecular flexibility index (Phi) is 7.30. The first kappa shape index (κ1) is 18.7. The summed E-state index contributed by atoms with van der Waals surface area (Å²) in [7, 11) is 0. The van der Waals surface area contributed by atoms with Gasteiger partial charge in [-0.15, -0.1) is 0 Å². The molecule has 0 aromatic carbocycles. The number of hydrogen-bond acceptors (Lipinski definition) is 2. The van der Waals surface area contributed by atoms with Crippen molar-refractivity contribution in [3.63, 3.8) is 0 Å². The van der Waals surface area contributed by atoms with E-state index in [0.29, 0.717) is 30.3 Å². The zero-order chi connectivity index (χ0) is 16.8. The van der Waals surface area contributed by atoms with E-state index in [4.69, 9.17) is 0 Å². The van der Waals surface area contributed by atoms with E-state index in [1.165, 1.54) is 44.9 Å². The molecule has 0 spiro atoms. The molecule has 132 valence electrons. The van der Waals surface area contributed by atoms with E-state index in [-0.39, 0.29) is 11.8 Å². The third-order valence-corrected chi connectivity index (χ3v) is 6.19. The van der Waals surface area contributed by atoms with Gasteiger partial charge in [-0.05, 0) is 37.0 Å². The van der Waals surface area contributed by atoms with Crippen molar-refractivity contribution < 1.29 is 9.59 Å². The summed E-state index contributed by atoms with van der Waals surface area (Å²) in [6.07, 6.45) is 12.1. The molecule has 0 saturated heterocycles. The summed E-state index contributed by atoms with van der Waals surface area (Å²) in [5.74, 6) is 3.26. The molecule has 2 heteroatoms. The first-order valence-corrected chi connectivity index (χ1v) is 10.0. The molecule has 0 N–H and O–H groups in total. The highest BCUT2D eigenvalue weighted by Crippen LogP contribution is 2.41. The summed E-state index contributed by atoms with van der Waals surface area (Å²) in [5.41, 5.74) is 0. The Morgan fingerprint density at radius 3 is 2.22 bits per heavy atom. The molecule has 2 rings (SSSR count). The van der Waals surface area contributed by atoms with Crippen LogP contribution in [0, 0.1) is 29.6 Å². The van der Waals surface area contributed by atoms with Crippen molar-refractivity contribution in [1.29, 1.82) is 0 Å². The summed E-state index contributed by atoms with van der Waals surface area (Å²) in [6, 6.07) is 0. The quantitative estimate of drug-likeness (QED) is 0.584. The molecule has 2 aliphatic rings. The molecule has 0 radical (unpaired) electrons. The van der Waals surface area contributed by atoms with E-state index in [1.807, 2.05) is 0 Å². The third-order valence-electron chi connectivity index (χ3n) is 6.19. The molecule has 2 nitrogen and oxygen atoms in total. The highest BCUT2D eigenvalue weighted by Gasteiger charge is 2.41. The van der Waals surface area contributed by atoms with Gasteiger partial charge in [-0.25, -0.2) is 0 Å². The summed E-state index contributed by atoms with van der Waals surface area (Å²) < 4.78 is 0. The topological polar surface area (TPSA) is 34.1 Å². The number of fused-ring (bicyclic) bond motifs is 1. The number of ketones is 2. The van der Waals surface area contributed by atoms with Crippen LogP contribution in [0.15, 0.2) is 0 Å². The van der Waals surface area contributed by atoms with E-state index < -0.39 is 0 Å². The molecular formula is C21H36O2. The predicted octanol–water partition coefficient (Wildman–Crippen LogP) is 5.58. The number of rotatable bonds is 8. The van der Waals surface area contributed by atoms with Gasteiger partial charge in [-0.1, -0.05) is 59.3 Å². The van der Waals surface area contributed by atoms with E-state index in [9.17, 15) is 9.59 Å². The van der Waals surface area contributed by atoms with Crippen molar-refractivity contribution in [2.45, 2.75) is 91.4 Å². The summed E-state index contributed by atoms with van der Waals surface area (Å²) in [4.78, 5) is 24.1. The van der Waals surface area contributed by atoms with Crippen molar-refractivity contribution >= 4 is 11.6 Å². The van der Waals surface area contributed by atoms with Crippen molar-refractivity contribution in [2.24, 2.45) is 29.6 Å². The summed E-state index contributed by atoms with van der Waals surface area (Å²) in [5, 5.41) is 0. The van der Waals surface area contributed by atoms with Crippen LogP contribution in [0.25, 0.3) is 0 Å². The fraction of sp³-hybridized carbons (Fsp3) is 0.905. The van der Waals surface area contributed by atoms with E-state index >= 15 is 0 Å². The molecule has 0 aliphatic heterocycles. The van der Waals surface area contributed by atoms with Crippen molar-refractivity contribution in [1.82, 2.24) is 0 Å². The second kappa shape index (κ2) is 8.99. The second-order valence-electron chi connectivity index (χ2n) is 8.69. The number of carbonyl (C=O) groups is 2. The first-order valence-electron chi connectivity index (χ1n) is 10.0. The molecule has 2 aliphatic carbocycles. The monoisotopic (exact) mass is 320 g/mol. The number of carbonyl (C=O) groups excluding carboxylic acids is 2. The molecule has 0 aromatic rings. The molecule has 23 heavy (non-hydrogen) atoms. The fourth-order valence-corrected chi connectivity index (χ4v) is 4.65. The highest BCUT2D eigenvalue weighted by molar-refractivity contribution is 5.96. The van der Waals surface area contributed by atoms with Crippen LogP contribution in [0.5, 0.6) is 0 Å². The molecule has 2 saturated carbocycles. The molecule has 2 fully saturated rings. The van der Waals surface area contributed by atoms with Gasteiger partial charge in [-0.3, -0.25) is 9.59 Å². The minimum Gasteiger partial charge on any atom is -0.299 e. The van der Waals surface area contributed by atoms with Crippen molar-refractivity contribution in [2.75, 3.05) is 0 Å². The van der Waals surface area contributed by atoms with Crippen molar-refractivity contribution in [3.05, 3.63) is 0 Å². The van der Waals surface area contributed by atoms with Crippen LogP contribution in [0.3, 0.4) is 0 Å². The van der Waals surface area contributed by atoms with Gasteiger partial charge in [-0.2, -0.15) is 0 Å². The molecular weight excluding hydrogens is 284 g/mol. The molecule has 0 amide bonds. The standard InChI is InChI=1S/C21H36O2/c1-15(2)6-4-7-16(3)8-5-9-17-10-11-18-19(14-17)21(23)13-12-20(18)22/h15-19H,4-14H2,1-3H3. The van der Waals surface area contributed by atoms with Gasteiger partial charge in [0, 0.05) is 24.7 Å². The summed E-state index contributed by atoms with van der Waals surface area (Å²) in [6.45, 7) is 7.00. The normalized spacial score (nSPS) is 29.7. The number of Topliss-reactive ketones (excluding diaryl/α,β-unsaturated/α-hetero) is 2. The van der Waals surface area contributed by atoms with Crippen LogP contribution in [0.4, 0.5) is 0 Å². The minimum atomic E-state index is 0.0819. The molecule has 0 bridgehead atoms. The fourth-order valence-electron chi connectivity index (χ4n) is 4.65. The van der Waals surface area contributed by atoms with Gasteiger partial charge in [0.05, 0.1) is 0 Å². The summed E-state index contributed by atoms with van der Waals surface area (Å²) >= 11 is 0. The Bertz CT molecular complexity index is 399. The SMILES string of the molecule is CC(C)CCCC(C)CCCC1CCC2C(=O)CCC(=O)C2C1. The van der Waals surface area contributed by atoms with E-state index in [1.54, 1.807) is 0 Å². The average molecular weight is 321 g/mol. The Hall–Kier alpha value is -0.660. The smallest absolute Gasteiger partial charge is 0.137 e. The third kappa shape index (κ3) is 5.72. The largest absolute Gasteiger partial charge is 0.299 e. The molecule has 4 unspecified atom stereocenters. The van der Waals surface area contributed by atoms with Gasteiger partial charge < -0.3 is 0 Å². The van der Waals surface area contributed by atoms with Crippen LogP contribution >= 0.6 is 0 Å². The Balaban J connectivity index is 1.65. The lowest BCUT2D eigenvalue weighted by atomic mass is 9.65. The lowest BCUT2D eigenvalue weighted by Gasteiger charge is -2.37. The van der Waals surface area contributed by atoms with Gasteiger partial charge >= 0.3 is 0 Å². The molecule has 0 heterocycles. The van der Waals surface area contributed by atoms with Crippen LogP contribution < -0.4 is 0 Å². The number of hydrogen-bond donors (Lipinski definition) is 0. The predicted molar refractivity (Wildman–Crippen MR) is 95.3 cm³/mol. The lowest BCUT2D eigenvalue weighted by Crippen LogP contribution is -2.39. The van der Waals surface area contributed by atoms with Gasteiger partial charge in [0.25, 0.3) is 0 Å². The zero-order valence-corrected chi connectivity index (χ0v) is 15.5. The van der Waals surface area contributed by atoms with Crippen LogP contribution in [0.1, 0.15) is 91.4 Å². The maximum absolute atomic E-state index is 12.1. The van der Waals surface area contributed by atoms with Crippen LogP contribution in [-0.4, -0.2) is 11.6 Å². The molecule has 4 atom stereocenters. The minimum absolute atomic E-state index is 0.0819.